The van der Waals surface area contributed by atoms with Crippen LogP contribution in [0.4, 0.5) is 16.2 Å². The fraction of sp³-hybridized carbons (Fsp3) is 0.226. The van der Waals surface area contributed by atoms with E-state index in [1.165, 1.54) is 5.56 Å². The Balaban J connectivity index is 1.48. The summed E-state index contributed by atoms with van der Waals surface area (Å²) in [5.41, 5.74) is 5.71. The van der Waals surface area contributed by atoms with Gasteiger partial charge in [-0.05, 0) is 67.8 Å². The molecule has 6 heteroatoms. The van der Waals surface area contributed by atoms with E-state index in [4.69, 9.17) is 0 Å². The smallest absolute Gasteiger partial charge is 0.316 e. The Bertz CT molecular complexity index is 1390. The van der Waals surface area contributed by atoms with Crippen molar-refractivity contribution in [1.82, 2.24) is 9.47 Å². The number of hydrogen-bond donors (Lipinski definition) is 1. The van der Waals surface area contributed by atoms with Gasteiger partial charge in [0.15, 0.2) is 0 Å². The van der Waals surface area contributed by atoms with Crippen molar-refractivity contribution in [2.45, 2.75) is 39.3 Å². The van der Waals surface area contributed by atoms with Crippen molar-refractivity contribution >= 4 is 23.3 Å². The van der Waals surface area contributed by atoms with E-state index in [1.54, 1.807) is 4.90 Å². The number of nitrogens with zero attached hydrogens (tertiary/aromatic N) is 3. The van der Waals surface area contributed by atoms with Crippen LogP contribution in [0.1, 0.15) is 43.6 Å². The molecule has 188 valence electrons. The van der Waals surface area contributed by atoms with Gasteiger partial charge in [-0.3, -0.25) is 9.69 Å². The van der Waals surface area contributed by atoms with Crippen LogP contribution in [0, 0.1) is 0 Å². The van der Waals surface area contributed by atoms with E-state index < -0.39 is 0 Å². The van der Waals surface area contributed by atoms with Crippen molar-refractivity contribution < 1.29 is 9.59 Å². The molecule has 0 saturated carbocycles. The fourth-order valence-electron chi connectivity index (χ4n) is 4.94. The zero-order valence-electron chi connectivity index (χ0n) is 21.5. The molecule has 1 aliphatic heterocycles. The lowest BCUT2D eigenvalue weighted by Gasteiger charge is -2.40. The lowest BCUT2D eigenvalue weighted by atomic mass is 9.97. The Morgan fingerprint density at radius 1 is 0.865 bits per heavy atom. The quantitative estimate of drug-likeness (QED) is 0.338. The topological polar surface area (TPSA) is 57.6 Å². The summed E-state index contributed by atoms with van der Waals surface area (Å²) in [6.07, 6.45) is 2.97. The van der Waals surface area contributed by atoms with Gasteiger partial charge in [0.2, 0.25) is 5.91 Å². The summed E-state index contributed by atoms with van der Waals surface area (Å²) >= 11 is 0. The fourth-order valence-corrected chi connectivity index (χ4v) is 4.94. The number of hydrogen-bond acceptors (Lipinski definition) is 2. The van der Waals surface area contributed by atoms with Crippen molar-refractivity contribution in [1.29, 1.82) is 0 Å². The summed E-state index contributed by atoms with van der Waals surface area (Å²) in [7, 11) is 0. The molecule has 1 aliphatic rings. The molecule has 3 aromatic carbocycles. The summed E-state index contributed by atoms with van der Waals surface area (Å²) in [5, 5.41) is 2.97. The van der Waals surface area contributed by atoms with Crippen LogP contribution in [0.15, 0.2) is 97.2 Å². The van der Waals surface area contributed by atoms with Crippen LogP contribution >= 0.6 is 0 Å². The average molecular weight is 493 g/mol. The summed E-state index contributed by atoms with van der Waals surface area (Å²) in [4.78, 5) is 30.9. The van der Waals surface area contributed by atoms with Crippen LogP contribution in [-0.2, 0) is 11.2 Å². The first-order chi connectivity index (χ1) is 18.0. The maximum atomic E-state index is 14.1. The number of fused-ring (bicyclic) bond motifs is 3. The normalized spacial score (nSPS) is 14.2. The third-order valence-corrected chi connectivity index (χ3v) is 6.91. The van der Waals surface area contributed by atoms with Gasteiger partial charge < -0.3 is 14.8 Å². The Labute approximate surface area is 218 Å². The number of aromatic nitrogens is 1. The first-order valence-corrected chi connectivity index (χ1v) is 12.8. The van der Waals surface area contributed by atoms with Gasteiger partial charge in [-0.15, -0.1) is 0 Å². The molecular formula is C31H32N4O2. The highest BCUT2D eigenvalue weighted by Crippen LogP contribution is 2.42. The van der Waals surface area contributed by atoms with E-state index in [1.807, 2.05) is 110 Å². The van der Waals surface area contributed by atoms with Crippen LogP contribution in [0.2, 0.25) is 0 Å². The van der Waals surface area contributed by atoms with Crippen molar-refractivity contribution in [3.63, 3.8) is 0 Å². The molecule has 5 rings (SSSR count). The van der Waals surface area contributed by atoms with Crippen LogP contribution in [0.3, 0.4) is 0 Å². The Morgan fingerprint density at radius 2 is 1.54 bits per heavy atom. The highest BCUT2D eigenvalue weighted by atomic mass is 16.2. The standard InChI is InChI=1S/C31H32N4O2/c1-4-23-16-18-25(19-17-23)32-31(37)34(22(2)3)21-29(36)35-27-14-9-8-13-26(27)33-20-10-15-28(33)30(35)24-11-6-5-7-12-24/h5-20,22,30H,4,21H2,1-3H3,(H,32,37). The third-order valence-electron chi connectivity index (χ3n) is 6.91. The van der Waals surface area contributed by atoms with Crippen molar-refractivity contribution in [2.75, 3.05) is 16.8 Å². The zero-order valence-corrected chi connectivity index (χ0v) is 21.5. The summed E-state index contributed by atoms with van der Waals surface area (Å²) in [6, 6.07) is 29.1. The number of urea groups is 1. The van der Waals surface area contributed by atoms with Gasteiger partial charge in [0, 0.05) is 17.9 Å². The van der Waals surface area contributed by atoms with Crippen molar-refractivity contribution in [2.24, 2.45) is 0 Å². The van der Waals surface area contributed by atoms with Gasteiger partial charge in [-0.2, -0.15) is 0 Å². The third kappa shape index (κ3) is 4.75. The molecule has 37 heavy (non-hydrogen) atoms. The predicted octanol–water partition coefficient (Wildman–Crippen LogP) is 6.42. The first-order valence-electron chi connectivity index (χ1n) is 12.8. The van der Waals surface area contributed by atoms with E-state index >= 15 is 0 Å². The Morgan fingerprint density at radius 3 is 2.22 bits per heavy atom. The van der Waals surface area contributed by atoms with Crippen LogP contribution in [-0.4, -0.2) is 34.0 Å². The number of carbonyl (C=O) groups excluding carboxylic acids is 2. The minimum Gasteiger partial charge on any atom is -0.316 e. The lowest BCUT2D eigenvalue weighted by molar-refractivity contribution is -0.119. The molecule has 6 nitrogen and oxygen atoms in total. The molecule has 1 N–H and O–H groups in total. The second kappa shape index (κ2) is 10.3. The zero-order chi connectivity index (χ0) is 25.9. The molecule has 4 aromatic rings. The number of anilines is 2. The number of benzene rings is 3. The van der Waals surface area contributed by atoms with Crippen LogP contribution < -0.4 is 10.2 Å². The molecule has 0 spiro atoms. The molecule has 1 unspecified atom stereocenters. The minimum absolute atomic E-state index is 0.0467. The number of carbonyl (C=O) groups is 2. The average Bonchev–Trinajstić information content (AvgIpc) is 3.41. The molecule has 2 heterocycles. The predicted molar refractivity (Wildman–Crippen MR) is 148 cm³/mol. The van der Waals surface area contributed by atoms with Gasteiger partial charge in [0.1, 0.15) is 12.6 Å². The summed E-state index contributed by atoms with van der Waals surface area (Å²) in [5.74, 6) is -0.140. The van der Waals surface area contributed by atoms with Gasteiger partial charge >= 0.3 is 6.03 Å². The number of rotatable bonds is 6. The number of nitrogens with one attached hydrogen (secondary N) is 1. The molecule has 0 fully saturated rings. The number of aryl methyl sites for hydroxylation is 1. The molecule has 3 amide bonds. The van der Waals surface area contributed by atoms with E-state index in [2.05, 4.69) is 22.9 Å². The largest absolute Gasteiger partial charge is 0.322 e. The molecule has 0 aliphatic carbocycles. The van der Waals surface area contributed by atoms with Crippen molar-refractivity contribution in [3.8, 4) is 5.69 Å². The first kappa shape index (κ1) is 24.4. The number of para-hydroxylation sites is 2. The Hall–Kier alpha value is -4.32. The highest BCUT2D eigenvalue weighted by molar-refractivity contribution is 6.01. The van der Waals surface area contributed by atoms with Gasteiger partial charge in [-0.1, -0.05) is 61.5 Å². The maximum Gasteiger partial charge on any atom is 0.322 e. The van der Waals surface area contributed by atoms with E-state index in [0.717, 1.165) is 29.1 Å². The molecule has 1 atom stereocenters. The molecule has 0 bridgehead atoms. The van der Waals surface area contributed by atoms with Gasteiger partial charge in [0.25, 0.3) is 0 Å². The van der Waals surface area contributed by atoms with Crippen molar-refractivity contribution in [3.05, 3.63) is 114 Å². The summed E-state index contributed by atoms with van der Waals surface area (Å²) in [6.45, 7) is 5.90. The monoisotopic (exact) mass is 492 g/mol. The van der Waals surface area contributed by atoms with Gasteiger partial charge in [-0.25, -0.2) is 4.79 Å². The van der Waals surface area contributed by atoms with E-state index in [-0.39, 0.29) is 30.6 Å². The van der Waals surface area contributed by atoms with E-state index in [9.17, 15) is 9.59 Å². The molecular weight excluding hydrogens is 460 g/mol. The minimum atomic E-state index is -0.308. The van der Waals surface area contributed by atoms with E-state index in [0.29, 0.717) is 5.69 Å². The number of amides is 3. The molecule has 1 aromatic heterocycles. The molecule has 0 saturated heterocycles. The Kier molecular flexibility index (Phi) is 6.82. The second-order valence-electron chi connectivity index (χ2n) is 9.57. The second-order valence-corrected chi connectivity index (χ2v) is 9.57. The SMILES string of the molecule is CCc1ccc(NC(=O)N(CC(=O)N2c3ccccc3-n3cccc3C2c2ccccc2)C(C)C)cc1. The molecule has 0 radical (unpaired) electrons. The van der Waals surface area contributed by atoms with Crippen LogP contribution in [0.5, 0.6) is 0 Å². The lowest BCUT2D eigenvalue weighted by Crippen LogP contribution is -2.49. The maximum absolute atomic E-state index is 14.1. The summed E-state index contributed by atoms with van der Waals surface area (Å²) < 4.78 is 2.14. The highest BCUT2D eigenvalue weighted by Gasteiger charge is 2.37. The van der Waals surface area contributed by atoms with Gasteiger partial charge in [0.05, 0.1) is 17.1 Å². The van der Waals surface area contributed by atoms with Crippen LogP contribution in [0.25, 0.3) is 5.69 Å².